The highest BCUT2D eigenvalue weighted by Gasteiger charge is 2.08. The van der Waals surface area contributed by atoms with Gasteiger partial charge in [0, 0.05) is 10.6 Å². The summed E-state index contributed by atoms with van der Waals surface area (Å²) in [4.78, 5) is 11.0. The van der Waals surface area contributed by atoms with Crippen LogP contribution >= 0.6 is 11.8 Å². The van der Waals surface area contributed by atoms with Crippen molar-refractivity contribution in [2.24, 2.45) is 0 Å². The van der Waals surface area contributed by atoms with Gasteiger partial charge < -0.3 is 5.11 Å². The highest BCUT2D eigenvalue weighted by molar-refractivity contribution is 7.99. The Morgan fingerprint density at radius 2 is 2.27 bits per heavy atom. The van der Waals surface area contributed by atoms with E-state index >= 15 is 0 Å². The van der Waals surface area contributed by atoms with Gasteiger partial charge in [-0.05, 0) is 25.1 Å². The van der Waals surface area contributed by atoms with Gasteiger partial charge in [0.25, 0.3) is 0 Å². The third kappa shape index (κ3) is 3.40. The number of carbonyl (C=O) groups is 1. The van der Waals surface area contributed by atoms with E-state index in [1.165, 1.54) is 30.0 Å². The molecule has 80 valence electrons. The summed E-state index contributed by atoms with van der Waals surface area (Å²) in [5.74, 6) is -0.863. The highest BCUT2D eigenvalue weighted by Crippen LogP contribution is 2.24. The second-order valence-electron chi connectivity index (χ2n) is 3.20. The van der Waals surface area contributed by atoms with Crippen LogP contribution < -0.4 is 0 Å². The minimum Gasteiger partial charge on any atom is -0.478 e. The number of rotatable bonds is 4. The molecule has 0 heterocycles. The van der Waals surface area contributed by atoms with Crippen LogP contribution in [0.15, 0.2) is 35.2 Å². The molecule has 0 saturated heterocycles. The predicted molar refractivity (Wildman–Crippen MR) is 58.9 cm³/mol. The maximum Gasteiger partial charge on any atom is 0.335 e. The Bertz CT molecular complexity index is 402. The molecule has 0 aromatic heterocycles. The average molecular weight is 226 g/mol. The summed E-state index contributed by atoms with van der Waals surface area (Å²) in [5.41, 5.74) is 1.01. The molecule has 0 aliphatic heterocycles. The highest BCUT2D eigenvalue weighted by atomic mass is 32.2. The van der Waals surface area contributed by atoms with Crippen LogP contribution in [-0.4, -0.2) is 16.8 Å². The third-order valence-electron chi connectivity index (χ3n) is 1.65. The number of thioether (sulfide) groups is 1. The zero-order valence-corrected chi connectivity index (χ0v) is 9.10. The fourth-order valence-electron chi connectivity index (χ4n) is 0.948. The number of benzene rings is 1. The topological polar surface area (TPSA) is 37.3 Å². The van der Waals surface area contributed by atoms with Crippen LogP contribution in [0.1, 0.15) is 17.3 Å². The van der Waals surface area contributed by atoms with Crippen molar-refractivity contribution in [3.05, 3.63) is 41.7 Å². The standard InChI is InChI=1S/C11H11FO2S/c1-7(2)6-15-10-5-8(11(13)14)3-4-9(10)12/h3-5H,1,6H2,2H3,(H,13,14). The summed E-state index contributed by atoms with van der Waals surface area (Å²) < 4.78 is 13.2. The Kier molecular flexibility index (Phi) is 3.91. The summed E-state index contributed by atoms with van der Waals surface area (Å²) in [7, 11) is 0. The summed E-state index contributed by atoms with van der Waals surface area (Å²) >= 11 is 1.25. The lowest BCUT2D eigenvalue weighted by Gasteiger charge is -2.04. The first kappa shape index (κ1) is 11.8. The van der Waals surface area contributed by atoms with E-state index in [0.717, 1.165) is 5.57 Å². The summed E-state index contributed by atoms with van der Waals surface area (Å²) in [5, 5.41) is 8.73. The molecule has 0 unspecified atom stereocenters. The number of halogens is 1. The Morgan fingerprint density at radius 1 is 1.60 bits per heavy atom. The third-order valence-corrected chi connectivity index (χ3v) is 2.91. The Labute approximate surface area is 91.8 Å². The van der Waals surface area contributed by atoms with E-state index in [4.69, 9.17) is 5.11 Å². The summed E-state index contributed by atoms with van der Waals surface area (Å²) in [6, 6.07) is 3.76. The molecule has 2 nitrogen and oxygen atoms in total. The maximum atomic E-state index is 13.2. The van der Waals surface area contributed by atoms with Crippen LogP contribution in [0.25, 0.3) is 0 Å². The molecule has 0 aliphatic carbocycles. The number of aromatic carboxylic acids is 1. The Balaban J connectivity index is 2.90. The fourth-order valence-corrected chi connectivity index (χ4v) is 1.77. The molecular weight excluding hydrogens is 215 g/mol. The maximum absolute atomic E-state index is 13.2. The van der Waals surface area contributed by atoms with Crippen LogP contribution in [-0.2, 0) is 0 Å². The molecule has 0 radical (unpaired) electrons. The molecule has 0 aliphatic rings. The van der Waals surface area contributed by atoms with E-state index in [9.17, 15) is 9.18 Å². The van der Waals surface area contributed by atoms with Gasteiger partial charge in [-0.3, -0.25) is 0 Å². The van der Waals surface area contributed by atoms with Crippen molar-refractivity contribution < 1.29 is 14.3 Å². The zero-order chi connectivity index (χ0) is 11.4. The van der Waals surface area contributed by atoms with Crippen molar-refractivity contribution >= 4 is 17.7 Å². The predicted octanol–water partition coefficient (Wildman–Crippen LogP) is 3.19. The van der Waals surface area contributed by atoms with Gasteiger partial charge in [0.05, 0.1) is 5.56 Å². The van der Waals surface area contributed by atoms with Crippen molar-refractivity contribution in [3.8, 4) is 0 Å². The minimum atomic E-state index is -1.05. The quantitative estimate of drug-likeness (QED) is 0.632. The van der Waals surface area contributed by atoms with Crippen molar-refractivity contribution in [2.75, 3.05) is 5.75 Å². The van der Waals surface area contributed by atoms with E-state index in [0.29, 0.717) is 10.6 Å². The number of hydrogen-bond donors (Lipinski definition) is 1. The van der Waals surface area contributed by atoms with Crippen molar-refractivity contribution in [2.45, 2.75) is 11.8 Å². The molecule has 1 rings (SSSR count). The first-order valence-corrected chi connectivity index (χ1v) is 5.29. The van der Waals surface area contributed by atoms with Gasteiger partial charge >= 0.3 is 5.97 Å². The van der Waals surface area contributed by atoms with Gasteiger partial charge in [-0.15, -0.1) is 11.8 Å². The number of carboxylic acids is 1. The molecule has 0 bridgehead atoms. The molecule has 1 aromatic carbocycles. The van der Waals surface area contributed by atoms with Crippen LogP contribution in [0.5, 0.6) is 0 Å². The zero-order valence-electron chi connectivity index (χ0n) is 8.29. The van der Waals surface area contributed by atoms with Gasteiger partial charge in [-0.2, -0.15) is 0 Å². The molecule has 0 amide bonds. The lowest BCUT2D eigenvalue weighted by molar-refractivity contribution is 0.0696. The normalized spacial score (nSPS) is 10.0. The van der Waals surface area contributed by atoms with E-state index in [1.807, 2.05) is 6.92 Å². The monoisotopic (exact) mass is 226 g/mol. The van der Waals surface area contributed by atoms with Crippen LogP contribution in [0.4, 0.5) is 4.39 Å². The first-order chi connectivity index (χ1) is 7.00. The van der Waals surface area contributed by atoms with Crippen LogP contribution in [0, 0.1) is 5.82 Å². The summed E-state index contributed by atoms with van der Waals surface area (Å²) in [6.45, 7) is 5.54. The van der Waals surface area contributed by atoms with Crippen molar-refractivity contribution in [3.63, 3.8) is 0 Å². The second kappa shape index (κ2) is 4.98. The molecular formula is C11H11FO2S. The van der Waals surface area contributed by atoms with Gasteiger partial charge in [-0.25, -0.2) is 9.18 Å². The fraction of sp³-hybridized carbons (Fsp3) is 0.182. The number of hydrogen-bond acceptors (Lipinski definition) is 2. The molecule has 0 saturated carbocycles. The Morgan fingerprint density at radius 3 is 2.80 bits per heavy atom. The van der Waals surface area contributed by atoms with Crippen molar-refractivity contribution in [1.82, 2.24) is 0 Å². The second-order valence-corrected chi connectivity index (χ2v) is 4.21. The molecule has 15 heavy (non-hydrogen) atoms. The van der Waals surface area contributed by atoms with E-state index in [1.54, 1.807) is 0 Å². The molecule has 0 atom stereocenters. The summed E-state index contributed by atoms with van der Waals surface area (Å²) in [6.07, 6.45) is 0. The van der Waals surface area contributed by atoms with Gasteiger partial charge in [-0.1, -0.05) is 12.2 Å². The van der Waals surface area contributed by atoms with Crippen LogP contribution in [0.2, 0.25) is 0 Å². The molecule has 0 fully saturated rings. The van der Waals surface area contributed by atoms with E-state index in [2.05, 4.69) is 6.58 Å². The van der Waals surface area contributed by atoms with Gasteiger partial charge in [0.1, 0.15) is 5.82 Å². The lowest BCUT2D eigenvalue weighted by atomic mass is 10.2. The SMILES string of the molecule is C=C(C)CSc1cc(C(=O)O)ccc1F. The number of carboxylic acid groups (broad SMARTS) is 1. The minimum absolute atomic E-state index is 0.0978. The largest absolute Gasteiger partial charge is 0.478 e. The molecule has 0 spiro atoms. The lowest BCUT2D eigenvalue weighted by Crippen LogP contribution is -1.97. The molecule has 1 N–H and O–H groups in total. The average Bonchev–Trinajstić information content (AvgIpc) is 2.16. The Hall–Kier alpha value is -1.29. The van der Waals surface area contributed by atoms with Crippen molar-refractivity contribution in [1.29, 1.82) is 0 Å². The molecule has 4 heteroatoms. The smallest absolute Gasteiger partial charge is 0.335 e. The first-order valence-electron chi connectivity index (χ1n) is 4.30. The van der Waals surface area contributed by atoms with E-state index in [-0.39, 0.29) is 5.56 Å². The molecule has 1 aromatic rings. The van der Waals surface area contributed by atoms with Crippen LogP contribution in [0.3, 0.4) is 0 Å². The van der Waals surface area contributed by atoms with E-state index < -0.39 is 11.8 Å². The van der Waals surface area contributed by atoms with Gasteiger partial charge in [0.2, 0.25) is 0 Å². The van der Waals surface area contributed by atoms with Gasteiger partial charge in [0.15, 0.2) is 0 Å².